The minimum absolute atomic E-state index is 0. The fraction of sp³-hybridized carbons (Fsp3) is 0. The first kappa shape index (κ1) is 39.2. The molecule has 0 spiro atoms. The van der Waals surface area contributed by atoms with E-state index >= 15 is 0 Å². The summed E-state index contributed by atoms with van der Waals surface area (Å²) in [7, 11) is 0. The van der Waals surface area contributed by atoms with Gasteiger partial charge in [-0.05, 0) is 72.8 Å². The summed E-state index contributed by atoms with van der Waals surface area (Å²) < 4.78 is 23.0. The van der Waals surface area contributed by atoms with Crippen molar-refractivity contribution in [2.75, 3.05) is 0 Å². The fourth-order valence-electron chi connectivity index (χ4n) is 4.17. The van der Waals surface area contributed by atoms with Crippen molar-refractivity contribution in [3.8, 4) is 46.0 Å². The molecule has 0 aliphatic heterocycles. The zero-order chi connectivity index (χ0) is 32.1. The second-order valence-corrected chi connectivity index (χ2v) is 9.50. The Morgan fingerprint density at radius 1 is 0.354 bits per heavy atom. The van der Waals surface area contributed by atoms with Crippen molar-refractivity contribution in [2.24, 2.45) is 0 Å². The average molecular weight is 689 g/mol. The molecule has 0 heterocycles. The molecule has 6 aromatic rings. The number of carbonyl (C=O) groups excluding carboxylic acids is 2. The third-order valence-electron chi connectivity index (χ3n) is 6.27. The summed E-state index contributed by atoms with van der Waals surface area (Å²) in [5, 5.41) is 22.7. The van der Waals surface area contributed by atoms with Crippen LogP contribution in [0.3, 0.4) is 0 Å². The van der Waals surface area contributed by atoms with E-state index in [1.165, 1.54) is 12.1 Å². The number of rotatable bonds is 10. The molecule has 0 atom stereocenters. The molecule has 0 fully saturated rings. The van der Waals surface area contributed by atoms with Gasteiger partial charge in [-0.1, -0.05) is 84.9 Å². The number of hydrogen-bond donors (Lipinski definition) is 0. The SMILES string of the molecule is O=C([O-])c1cccc(Oc2ccccc2)c1Oc1ccccc1.O=C([O-])c1cccc(Oc2ccccc2)c1Oc1ccccc1.[K+].[K+]. The first-order valence-electron chi connectivity index (χ1n) is 14.1. The minimum atomic E-state index is -1.32. The summed E-state index contributed by atoms with van der Waals surface area (Å²) in [4.78, 5) is 22.7. The molecule has 10 heteroatoms. The zero-order valence-corrected chi connectivity index (χ0v) is 32.5. The van der Waals surface area contributed by atoms with Gasteiger partial charge in [-0.2, -0.15) is 0 Å². The monoisotopic (exact) mass is 688 g/mol. The van der Waals surface area contributed by atoms with Crippen LogP contribution in [-0.2, 0) is 0 Å². The number of para-hydroxylation sites is 6. The summed E-state index contributed by atoms with van der Waals surface area (Å²) >= 11 is 0. The molecule has 0 unspecified atom stereocenters. The Labute approximate surface area is 363 Å². The van der Waals surface area contributed by atoms with E-state index < -0.39 is 11.9 Å². The quantitative estimate of drug-likeness (QED) is 0.198. The van der Waals surface area contributed by atoms with Crippen molar-refractivity contribution in [1.82, 2.24) is 0 Å². The van der Waals surface area contributed by atoms with Crippen molar-refractivity contribution >= 4 is 11.9 Å². The summed E-state index contributed by atoms with van der Waals surface area (Å²) in [6, 6.07) is 45.3. The van der Waals surface area contributed by atoms with Gasteiger partial charge in [-0.15, -0.1) is 0 Å². The van der Waals surface area contributed by atoms with E-state index in [-0.39, 0.29) is 125 Å². The van der Waals surface area contributed by atoms with E-state index in [1.54, 1.807) is 97.1 Å². The predicted molar refractivity (Wildman–Crippen MR) is 168 cm³/mol. The number of benzene rings is 6. The minimum Gasteiger partial charge on any atom is -0.545 e. The average Bonchev–Trinajstić information content (AvgIpc) is 3.08. The van der Waals surface area contributed by atoms with Crippen molar-refractivity contribution in [3.63, 3.8) is 0 Å². The van der Waals surface area contributed by atoms with Crippen LogP contribution in [0.15, 0.2) is 158 Å². The number of carbonyl (C=O) groups is 2. The molecule has 0 saturated heterocycles. The largest absolute Gasteiger partial charge is 1.00 e. The Morgan fingerprint density at radius 2 is 0.625 bits per heavy atom. The number of aromatic carboxylic acids is 2. The van der Waals surface area contributed by atoms with Crippen molar-refractivity contribution in [2.45, 2.75) is 0 Å². The molecule has 6 aromatic carbocycles. The van der Waals surface area contributed by atoms with E-state index in [4.69, 9.17) is 18.9 Å². The molecule has 0 N–H and O–H groups in total. The van der Waals surface area contributed by atoms with Gasteiger partial charge in [0.1, 0.15) is 23.0 Å². The normalized spacial score (nSPS) is 9.67. The smallest absolute Gasteiger partial charge is 0.545 e. The van der Waals surface area contributed by atoms with Crippen LogP contribution in [0.5, 0.6) is 46.0 Å². The van der Waals surface area contributed by atoms with Gasteiger partial charge >= 0.3 is 103 Å². The maximum atomic E-state index is 11.4. The summed E-state index contributed by atoms with van der Waals surface area (Å²) in [6.07, 6.45) is 0. The predicted octanol–water partition coefficient (Wildman–Crippen LogP) is 1.28. The Balaban J connectivity index is 0.000000250. The van der Waals surface area contributed by atoms with Crippen LogP contribution >= 0.6 is 0 Å². The van der Waals surface area contributed by atoms with Gasteiger partial charge in [0.2, 0.25) is 0 Å². The molecule has 0 saturated carbocycles. The third kappa shape index (κ3) is 11.4. The molecule has 228 valence electrons. The molecular weight excluding hydrogens is 663 g/mol. The molecule has 48 heavy (non-hydrogen) atoms. The van der Waals surface area contributed by atoms with Gasteiger partial charge in [0.25, 0.3) is 0 Å². The third-order valence-corrected chi connectivity index (χ3v) is 6.27. The molecule has 0 bridgehead atoms. The first-order valence-corrected chi connectivity index (χ1v) is 14.1. The van der Waals surface area contributed by atoms with Gasteiger partial charge in [0.15, 0.2) is 23.0 Å². The molecule has 0 amide bonds. The maximum absolute atomic E-state index is 11.4. The second-order valence-electron chi connectivity index (χ2n) is 9.50. The van der Waals surface area contributed by atoms with Crippen LogP contribution in [-0.4, -0.2) is 11.9 Å². The molecule has 8 nitrogen and oxygen atoms in total. The van der Waals surface area contributed by atoms with Crippen LogP contribution < -0.4 is 132 Å². The summed E-state index contributed by atoms with van der Waals surface area (Å²) in [6.45, 7) is 0. The number of carboxylic acids is 2. The van der Waals surface area contributed by atoms with Crippen molar-refractivity contribution < 1.29 is 142 Å². The van der Waals surface area contributed by atoms with E-state index in [0.29, 0.717) is 34.5 Å². The molecule has 0 aromatic heterocycles. The second kappa shape index (κ2) is 20.3. The fourth-order valence-corrected chi connectivity index (χ4v) is 4.17. The van der Waals surface area contributed by atoms with Gasteiger partial charge in [0, 0.05) is 11.1 Å². The van der Waals surface area contributed by atoms with Crippen LogP contribution in [0.1, 0.15) is 20.7 Å². The molecule has 0 radical (unpaired) electrons. The molecule has 0 aliphatic carbocycles. The van der Waals surface area contributed by atoms with Crippen molar-refractivity contribution in [1.29, 1.82) is 0 Å². The molecule has 0 aliphatic rings. The standard InChI is InChI=1S/2C19H14O4.2K/c2*20-19(21)16-12-7-13-17(22-14-8-3-1-4-9-14)18(16)23-15-10-5-2-6-11-15;;/h2*1-13H,(H,20,21);;/q;;2*+1/p-2. The Kier molecular flexibility index (Phi) is 16.6. The van der Waals surface area contributed by atoms with Gasteiger partial charge in [-0.25, -0.2) is 0 Å². The van der Waals surface area contributed by atoms with Gasteiger partial charge in [-0.3, -0.25) is 0 Å². The van der Waals surface area contributed by atoms with Crippen LogP contribution in [0.4, 0.5) is 0 Å². The Bertz CT molecular complexity index is 1750. The van der Waals surface area contributed by atoms with Gasteiger partial charge < -0.3 is 38.7 Å². The van der Waals surface area contributed by atoms with E-state index in [0.717, 1.165) is 0 Å². The Morgan fingerprint density at radius 3 is 0.896 bits per heavy atom. The maximum Gasteiger partial charge on any atom is 1.00 e. The van der Waals surface area contributed by atoms with Crippen LogP contribution in [0.2, 0.25) is 0 Å². The Hall–Kier alpha value is -3.27. The van der Waals surface area contributed by atoms with Crippen molar-refractivity contribution in [3.05, 3.63) is 169 Å². The number of ether oxygens (including phenoxy) is 4. The van der Waals surface area contributed by atoms with Gasteiger partial charge in [0.05, 0.1) is 11.9 Å². The number of carboxylic acid groups (broad SMARTS) is 2. The molecule has 6 rings (SSSR count). The van der Waals surface area contributed by atoms with E-state index in [9.17, 15) is 19.8 Å². The first-order chi connectivity index (χ1) is 22.5. The van der Waals surface area contributed by atoms with Crippen LogP contribution in [0.25, 0.3) is 0 Å². The summed E-state index contributed by atoms with van der Waals surface area (Å²) in [5.41, 5.74) is -0.135. The van der Waals surface area contributed by atoms with Crippen LogP contribution in [0, 0.1) is 0 Å². The number of hydrogen-bond acceptors (Lipinski definition) is 8. The topological polar surface area (TPSA) is 117 Å². The molecular formula is C38H26K2O8. The van der Waals surface area contributed by atoms with E-state index in [2.05, 4.69) is 0 Å². The summed E-state index contributed by atoms with van der Waals surface area (Å²) in [5.74, 6) is 0.387. The zero-order valence-electron chi connectivity index (χ0n) is 26.3. The van der Waals surface area contributed by atoms with E-state index in [1.807, 2.05) is 48.5 Å².